The van der Waals surface area contributed by atoms with Gasteiger partial charge in [0.05, 0.1) is 0 Å². The van der Waals surface area contributed by atoms with Crippen LogP contribution < -0.4 is 0 Å². The zero-order valence-corrected chi connectivity index (χ0v) is 9.71. The van der Waals surface area contributed by atoms with E-state index < -0.39 is 0 Å². The van der Waals surface area contributed by atoms with E-state index in [1.807, 2.05) is 12.4 Å². The van der Waals surface area contributed by atoms with Gasteiger partial charge in [-0.05, 0) is 40.6 Å². The second kappa shape index (κ2) is 5.35. The summed E-state index contributed by atoms with van der Waals surface area (Å²) in [6, 6.07) is 2.06. The Bertz CT molecular complexity index is 259. The number of rotatable bonds is 4. The fourth-order valence-electron chi connectivity index (χ4n) is 1.22. The summed E-state index contributed by atoms with van der Waals surface area (Å²) >= 11 is 3.49. The van der Waals surface area contributed by atoms with Gasteiger partial charge in [0.15, 0.2) is 0 Å². The lowest BCUT2D eigenvalue weighted by Crippen LogP contribution is -2.22. The molecule has 3 heteroatoms. The third kappa shape index (κ3) is 3.08. The Morgan fingerprint density at radius 2 is 2.08 bits per heavy atom. The molecule has 0 aliphatic heterocycles. The zero-order valence-electron chi connectivity index (χ0n) is 8.13. The van der Waals surface area contributed by atoms with Crippen molar-refractivity contribution in [3.63, 3.8) is 0 Å². The van der Waals surface area contributed by atoms with Crippen LogP contribution in [0.5, 0.6) is 0 Å². The molecular weight excluding hydrogens is 228 g/mol. The maximum atomic E-state index is 4.04. The minimum Gasteiger partial charge on any atom is -0.300 e. The molecule has 0 N–H and O–H groups in total. The van der Waals surface area contributed by atoms with Crippen molar-refractivity contribution in [3.05, 3.63) is 28.5 Å². The van der Waals surface area contributed by atoms with E-state index in [9.17, 15) is 0 Å². The average molecular weight is 243 g/mol. The Kier molecular flexibility index (Phi) is 4.39. The van der Waals surface area contributed by atoms with E-state index in [-0.39, 0.29) is 0 Å². The Balaban J connectivity index is 2.67. The summed E-state index contributed by atoms with van der Waals surface area (Å²) in [7, 11) is 0. The summed E-state index contributed by atoms with van der Waals surface area (Å²) in [5.74, 6) is 0. The summed E-state index contributed by atoms with van der Waals surface area (Å²) in [5.41, 5.74) is 1.30. The molecule has 1 rings (SSSR count). The molecule has 0 aliphatic carbocycles. The number of aromatic nitrogens is 1. The molecule has 1 heterocycles. The molecule has 1 aromatic heterocycles. The van der Waals surface area contributed by atoms with E-state index in [0.717, 1.165) is 24.1 Å². The summed E-state index contributed by atoms with van der Waals surface area (Å²) in [5, 5.41) is 0. The molecule has 13 heavy (non-hydrogen) atoms. The van der Waals surface area contributed by atoms with E-state index in [1.54, 1.807) is 0 Å². The molecule has 0 atom stereocenters. The lowest BCUT2D eigenvalue weighted by Gasteiger charge is -2.18. The molecule has 1 aromatic rings. The SMILES string of the molecule is CCN(CC)Cc1ccncc1Br. The molecule has 0 aliphatic rings. The molecule has 0 aromatic carbocycles. The van der Waals surface area contributed by atoms with Crippen molar-refractivity contribution in [1.82, 2.24) is 9.88 Å². The van der Waals surface area contributed by atoms with E-state index >= 15 is 0 Å². The monoisotopic (exact) mass is 242 g/mol. The van der Waals surface area contributed by atoms with Crippen molar-refractivity contribution in [2.24, 2.45) is 0 Å². The van der Waals surface area contributed by atoms with Gasteiger partial charge in [0.2, 0.25) is 0 Å². The Labute approximate surface area is 88.1 Å². The van der Waals surface area contributed by atoms with Gasteiger partial charge in [-0.1, -0.05) is 13.8 Å². The number of nitrogens with zero attached hydrogens (tertiary/aromatic N) is 2. The highest BCUT2D eigenvalue weighted by Gasteiger charge is 2.03. The van der Waals surface area contributed by atoms with E-state index in [0.29, 0.717) is 0 Å². The highest BCUT2D eigenvalue weighted by molar-refractivity contribution is 9.10. The minimum atomic E-state index is 0.996. The van der Waals surface area contributed by atoms with Crippen molar-refractivity contribution in [2.45, 2.75) is 20.4 Å². The Hall–Kier alpha value is -0.410. The number of halogens is 1. The molecule has 0 bridgehead atoms. The molecule has 0 unspecified atom stereocenters. The first-order chi connectivity index (χ1) is 6.27. The largest absolute Gasteiger partial charge is 0.300 e. The van der Waals surface area contributed by atoms with Crippen LogP contribution in [0.1, 0.15) is 19.4 Å². The van der Waals surface area contributed by atoms with Gasteiger partial charge in [0.1, 0.15) is 0 Å². The first kappa shape index (κ1) is 10.7. The molecule has 0 saturated heterocycles. The predicted octanol–water partition coefficient (Wildman–Crippen LogP) is 2.69. The van der Waals surface area contributed by atoms with Gasteiger partial charge in [-0.25, -0.2) is 0 Å². The van der Waals surface area contributed by atoms with Crippen molar-refractivity contribution >= 4 is 15.9 Å². The van der Waals surface area contributed by atoms with Gasteiger partial charge in [-0.15, -0.1) is 0 Å². The predicted molar refractivity (Wildman–Crippen MR) is 58.6 cm³/mol. The van der Waals surface area contributed by atoms with Gasteiger partial charge in [-0.2, -0.15) is 0 Å². The molecule has 0 radical (unpaired) electrons. The summed E-state index contributed by atoms with van der Waals surface area (Å²) in [6.07, 6.45) is 3.68. The zero-order chi connectivity index (χ0) is 9.68. The van der Waals surface area contributed by atoms with Crippen LogP contribution in [-0.4, -0.2) is 23.0 Å². The standard InChI is InChI=1S/C10H15BrN2/c1-3-13(4-2)8-9-5-6-12-7-10(9)11/h5-7H,3-4,8H2,1-2H3. The quantitative estimate of drug-likeness (QED) is 0.808. The van der Waals surface area contributed by atoms with Crippen molar-refractivity contribution in [1.29, 1.82) is 0 Å². The van der Waals surface area contributed by atoms with Crippen LogP contribution in [0.4, 0.5) is 0 Å². The normalized spacial score (nSPS) is 10.8. The third-order valence-corrected chi connectivity index (χ3v) is 2.86. The van der Waals surface area contributed by atoms with Crippen LogP contribution in [0.25, 0.3) is 0 Å². The number of hydrogen-bond donors (Lipinski definition) is 0. The average Bonchev–Trinajstić information content (AvgIpc) is 2.17. The summed E-state index contributed by atoms with van der Waals surface area (Å²) < 4.78 is 1.10. The van der Waals surface area contributed by atoms with E-state index in [2.05, 4.69) is 45.7 Å². The second-order valence-corrected chi connectivity index (χ2v) is 3.78. The highest BCUT2D eigenvalue weighted by atomic mass is 79.9. The van der Waals surface area contributed by atoms with Crippen molar-refractivity contribution < 1.29 is 0 Å². The molecule has 0 saturated carbocycles. The topological polar surface area (TPSA) is 16.1 Å². The van der Waals surface area contributed by atoms with Crippen molar-refractivity contribution in [3.8, 4) is 0 Å². The maximum Gasteiger partial charge on any atom is 0.0413 e. The Morgan fingerprint density at radius 3 is 2.62 bits per heavy atom. The van der Waals surface area contributed by atoms with Gasteiger partial charge in [0, 0.05) is 23.4 Å². The summed E-state index contributed by atoms with van der Waals surface area (Å²) in [4.78, 5) is 6.41. The van der Waals surface area contributed by atoms with Crippen LogP contribution in [0, 0.1) is 0 Å². The van der Waals surface area contributed by atoms with Crippen LogP contribution in [0.15, 0.2) is 22.9 Å². The molecule has 0 fully saturated rings. The third-order valence-electron chi connectivity index (χ3n) is 2.14. The number of pyridine rings is 1. The fraction of sp³-hybridized carbons (Fsp3) is 0.500. The number of hydrogen-bond acceptors (Lipinski definition) is 2. The van der Waals surface area contributed by atoms with Crippen LogP contribution in [0.3, 0.4) is 0 Å². The molecule has 72 valence electrons. The minimum absolute atomic E-state index is 0.996. The maximum absolute atomic E-state index is 4.04. The van der Waals surface area contributed by atoms with Crippen molar-refractivity contribution in [2.75, 3.05) is 13.1 Å². The van der Waals surface area contributed by atoms with Crippen LogP contribution in [-0.2, 0) is 6.54 Å². The lowest BCUT2D eigenvalue weighted by atomic mass is 10.2. The first-order valence-electron chi connectivity index (χ1n) is 4.58. The van der Waals surface area contributed by atoms with Crippen LogP contribution in [0.2, 0.25) is 0 Å². The highest BCUT2D eigenvalue weighted by Crippen LogP contribution is 2.16. The molecule has 2 nitrogen and oxygen atoms in total. The van der Waals surface area contributed by atoms with Gasteiger partial charge in [-0.3, -0.25) is 9.88 Å². The van der Waals surface area contributed by atoms with Gasteiger partial charge in [0.25, 0.3) is 0 Å². The summed E-state index contributed by atoms with van der Waals surface area (Å²) in [6.45, 7) is 7.53. The van der Waals surface area contributed by atoms with E-state index in [1.165, 1.54) is 5.56 Å². The van der Waals surface area contributed by atoms with E-state index in [4.69, 9.17) is 0 Å². The first-order valence-corrected chi connectivity index (χ1v) is 5.38. The smallest absolute Gasteiger partial charge is 0.0413 e. The second-order valence-electron chi connectivity index (χ2n) is 2.93. The van der Waals surface area contributed by atoms with Crippen LogP contribution >= 0.6 is 15.9 Å². The molecular formula is C10H15BrN2. The van der Waals surface area contributed by atoms with Gasteiger partial charge >= 0.3 is 0 Å². The molecule has 0 amide bonds. The van der Waals surface area contributed by atoms with Gasteiger partial charge < -0.3 is 0 Å². The molecule has 0 spiro atoms. The Morgan fingerprint density at radius 1 is 1.38 bits per heavy atom. The fourth-order valence-corrected chi connectivity index (χ4v) is 1.60. The lowest BCUT2D eigenvalue weighted by molar-refractivity contribution is 0.295.